The lowest BCUT2D eigenvalue weighted by atomic mass is 9.98. The first-order valence-corrected chi connectivity index (χ1v) is 11.2. The van der Waals surface area contributed by atoms with Crippen LogP contribution in [0.15, 0.2) is 42.5 Å². The van der Waals surface area contributed by atoms with Crippen molar-refractivity contribution >= 4 is 11.6 Å². The Morgan fingerprint density at radius 3 is 2.84 bits per heavy atom. The van der Waals surface area contributed by atoms with E-state index in [1.54, 1.807) is 4.90 Å². The Kier molecular flexibility index (Phi) is 6.78. The molecule has 2 heterocycles. The fourth-order valence-corrected chi connectivity index (χ4v) is 4.61. The first kappa shape index (κ1) is 21.7. The summed E-state index contributed by atoms with van der Waals surface area (Å²) in [5, 5.41) is 13.4. The van der Waals surface area contributed by atoms with E-state index in [0.29, 0.717) is 13.1 Å². The van der Waals surface area contributed by atoms with Crippen molar-refractivity contribution in [3.05, 3.63) is 59.2 Å². The summed E-state index contributed by atoms with van der Waals surface area (Å²) in [4.78, 5) is 17.1. The molecule has 0 bridgehead atoms. The Balaban J connectivity index is 1.46. The summed E-state index contributed by atoms with van der Waals surface area (Å²) in [6.45, 7) is 5.25. The van der Waals surface area contributed by atoms with Crippen LogP contribution in [0.1, 0.15) is 35.6 Å². The SMILES string of the molecule is Cc1ccc(OCC(=O)N(C)C(CN2CC[C@H](O)C2)c2ccccc2)c2c1CCCN2. The minimum absolute atomic E-state index is 0.000358. The van der Waals surface area contributed by atoms with Gasteiger partial charge >= 0.3 is 0 Å². The molecule has 0 saturated carbocycles. The molecule has 0 aliphatic carbocycles. The molecule has 0 radical (unpaired) electrons. The van der Waals surface area contributed by atoms with Gasteiger partial charge in [-0.15, -0.1) is 0 Å². The summed E-state index contributed by atoms with van der Waals surface area (Å²) < 4.78 is 6.01. The summed E-state index contributed by atoms with van der Waals surface area (Å²) in [6.07, 6.45) is 2.66. The maximum atomic E-state index is 13.1. The van der Waals surface area contributed by atoms with E-state index in [2.05, 4.69) is 35.3 Å². The number of nitrogens with zero attached hydrogens (tertiary/aromatic N) is 2. The van der Waals surface area contributed by atoms with Gasteiger partial charge in [0.1, 0.15) is 5.75 Å². The Hall–Kier alpha value is -2.57. The standard InChI is InChI=1S/C25H33N3O3/c1-18-10-11-23(25-21(18)9-6-13-26-25)31-17-24(30)27(2)22(19-7-4-3-5-8-19)16-28-14-12-20(29)15-28/h3-5,7-8,10-11,20,22,26,29H,6,9,12-17H2,1-2H3/t20-,22?/m0/s1. The second kappa shape index (κ2) is 9.71. The third-order valence-corrected chi connectivity index (χ3v) is 6.49. The number of fused-ring (bicyclic) bond motifs is 1. The Labute approximate surface area is 184 Å². The second-order valence-corrected chi connectivity index (χ2v) is 8.69. The van der Waals surface area contributed by atoms with Crippen LogP contribution in [0.3, 0.4) is 0 Å². The van der Waals surface area contributed by atoms with Crippen molar-refractivity contribution < 1.29 is 14.6 Å². The highest BCUT2D eigenvalue weighted by molar-refractivity contribution is 5.78. The predicted molar refractivity (Wildman–Crippen MR) is 123 cm³/mol. The van der Waals surface area contributed by atoms with E-state index in [4.69, 9.17) is 4.74 Å². The Morgan fingerprint density at radius 1 is 1.29 bits per heavy atom. The average Bonchev–Trinajstić information content (AvgIpc) is 3.22. The zero-order valence-electron chi connectivity index (χ0n) is 18.5. The molecule has 166 valence electrons. The maximum Gasteiger partial charge on any atom is 0.260 e. The molecule has 1 unspecified atom stereocenters. The van der Waals surface area contributed by atoms with Gasteiger partial charge in [0, 0.05) is 33.2 Å². The monoisotopic (exact) mass is 423 g/mol. The highest BCUT2D eigenvalue weighted by atomic mass is 16.5. The van der Waals surface area contributed by atoms with Crippen molar-refractivity contribution in [2.45, 2.75) is 38.3 Å². The third kappa shape index (κ3) is 5.02. The van der Waals surface area contributed by atoms with Crippen LogP contribution in [0.4, 0.5) is 5.69 Å². The second-order valence-electron chi connectivity index (χ2n) is 8.69. The maximum absolute atomic E-state index is 13.1. The molecule has 1 amide bonds. The van der Waals surface area contributed by atoms with Crippen molar-refractivity contribution in [2.75, 3.05) is 45.2 Å². The van der Waals surface area contributed by atoms with E-state index in [0.717, 1.165) is 49.4 Å². The van der Waals surface area contributed by atoms with Crippen LogP contribution in [0.5, 0.6) is 5.75 Å². The topological polar surface area (TPSA) is 65.0 Å². The van der Waals surface area contributed by atoms with Gasteiger partial charge in [0.15, 0.2) is 6.61 Å². The van der Waals surface area contributed by atoms with E-state index in [1.807, 2.05) is 31.3 Å². The number of amides is 1. The molecule has 2 atom stereocenters. The van der Waals surface area contributed by atoms with Gasteiger partial charge in [-0.3, -0.25) is 9.69 Å². The molecule has 4 rings (SSSR count). The van der Waals surface area contributed by atoms with Crippen molar-refractivity contribution in [1.82, 2.24) is 9.80 Å². The number of aliphatic hydroxyl groups is 1. The Morgan fingerprint density at radius 2 is 2.10 bits per heavy atom. The first-order chi connectivity index (χ1) is 15.0. The number of hydrogen-bond acceptors (Lipinski definition) is 5. The zero-order valence-corrected chi connectivity index (χ0v) is 18.5. The molecule has 1 fully saturated rings. The number of carbonyl (C=O) groups is 1. The number of β-amino-alcohol motifs (C(OH)–C–C–N with tert-alkyl or cyclic N) is 1. The van der Waals surface area contributed by atoms with Crippen LogP contribution in [-0.2, 0) is 11.2 Å². The number of anilines is 1. The van der Waals surface area contributed by atoms with E-state index in [-0.39, 0.29) is 24.7 Å². The largest absolute Gasteiger partial charge is 0.482 e. The lowest BCUT2D eigenvalue weighted by molar-refractivity contribution is -0.134. The number of nitrogens with one attached hydrogen (secondary N) is 1. The van der Waals surface area contributed by atoms with Gasteiger partial charge in [-0.05, 0) is 48.9 Å². The highest BCUT2D eigenvalue weighted by Gasteiger charge is 2.28. The lowest BCUT2D eigenvalue weighted by Gasteiger charge is -2.32. The number of likely N-dealkylation sites (tertiary alicyclic amines) is 1. The molecule has 6 heteroatoms. The number of aliphatic hydroxyl groups excluding tert-OH is 1. The fourth-order valence-electron chi connectivity index (χ4n) is 4.61. The van der Waals surface area contributed by atoms with Crippen LogP contribution < -0.4 is 10.1 Å². The van der Waals surface area contributed by atoms with Crippen LogP contribution in [0, 0.1) is 6.92 Å². The van der Waals surface area contributed by atoms with E-state index in [9.17, 15) is 9.90 Å². The number of benzene rings is 2. The number of ether oxygens (including phenoxy) is 1. The van der Waals surface area contributed by atoms with Gasteiger partial charge < -0.3 is 20.1 Å². The number of rotatable bonds is 7. The molecule has 31 heavy (non-hydrogen) atoms. The van der Waals surface area contributed by atoms with E-state index < -0.39 is 0 Å². The fraction of sp³-hybridized carbons (Fsp3) is 0.480. The summed E-state index contributed by atoms with van der Waals surface area (Å²) in [5.41, 5.74) is 4.68. The van der Waals surface area contributed by atoms with Crippen LogP contribution in [-0.4, -0.2) is 66.8 Å². The van der Waals surface area contributed by atoms with Crippen LogP contribution >= 0.6 is 0 Å². The molecule has 2 N–H and O–H groups in total. The van der Waals surface area contributed by atoms with Gasteiger partial charge in [-0.1, -0.05) is 36.4 Å². The molecule has 1 saturated heterocycles. The molecule has 0 spiro atoms. The van der Waals surface area contributed by atoms with Crippen molar-refractivity contribution in [2.24, 2.45) is 0 Å². The molecule has 2 aromatic carbocycles. The quantitative estimate of drug-likeness (QED) is 0.717. The number of carbonyl (C=O) groups excluding carboxylic acids is 1. The summed E-state index contributed by atoms with van der Waals surface area (Å²) in [6, 6.07) is 14.0. The minimum atomic E-state index is -0.277. The van der Waals surface area contributed by atoms with Crippen LogP contribution in [0.25, 0.3) is 0 Å². The first-order valence-electron chi connectivity index (χ1n) is 11.2. The highest BCUT2D eigenvalue weighted by Crippen LogP contribution is 2.34. The van der Waals surface area contributed by atoms with Crippen molar-refractivity contribution in [1.29, 1.82) is 0 Å². The third-order valence-electron chi connectivity index (χ3n) is 6.49. The van der Waals surface area contributed by atoms with Crippen LogP contribution in [0.2, 0.25) is 0 Å². The van der Waals surface area contributed by atoms with Gasteiger partial charge in [0.25, 0.3) is 5.91 Å². The van der Waals surface area contributed by atoms with Gasteiger partial charge in [-0.25, -0.2) is 0 Å². The molecule has 0 aromatic heterocycles. The number of likely N-dealkylation sites (N-methyl/N-ethyl adjacent to an activating group) is 1. The predicted octanol–water partition coefficient (Wildman–Crippen LogP) is 3.00. The summed E-state index contributed by atoms with van der Waals surface area (Å²) in [5.74, 6) is 0.694. The molecule has 2 aliphatic rings. The van der Waals surface area contributed by atoms with Crippen molar-refractivity contribution in [3.8, 4) is 5.75 Å². The number of hydrogen-bond donors (Lipinski definition) is 2. The average molecular weight is 424 g/mol. The smallest absolute Gasteiger partial charge is 0.260 e. The Bertz CT molecular complexity index is 902. The normalized spacial score (nSPS) is 19.4. The molecule has 2 aliphatic heterocycles. The lowest BCUT2D eigenvalue weighted by Crippen LogP contribution is -2.41. The molecule has 6 nitrogen and oxygen atoms in total. The van der Waals surface area contributed by atoms with E-state index in [1.165, 1.54) is 11.1 Å². The molecular weight excluding hydrogens is 390 g/mol. The summed E-state index contributed by atoms with van der Waals surface area (Å²) in [7, 11) is 1.85. The molecular formula is C25H33N3O3. The van der Waals surface area contributed by atoms with Gasteiger partial charge in [0.2, 0.25) is 0 Å². The van der Waals surface area contributed by atoms with Gasteiger partial charge in [-0.2, -0.15) is 0 Å². The van der Waals surface area contributed by atoms with E-state index >= 15 is 0 Å². The minimum Gasteiger partial charge on any atom is -0.482 e. The van der Waals surface area contributed by atoms with Gasteiger partial charge in [0.05, 0.1) is 17.8 Å². The molecule has 2 aromatic rings. The zero-order chi connectivity index (χ0) is 21.8. The summed E-state index contributed by atoms with van der Waals surface area (Å²) >= 11 is 0. The van der Waals surface area contributed by atoms with Crippen molar-refractivity contribution in [3.63, 3.8) is 0 Å². The number of aryl methyl sites for hydroxylation is 1.